The molecule has 0 saturated heterocycles. The number of thioether (sulfide) groups is 1. The number of aromatic nitrogens is 4. The van der Waals surface area contributed by atoms with E-state index in [1.807, 2.05) is 24.5 Å². The summed E-state index contributed by atoms with van der Waals surface area (Å²) in [7, 11) is 3.14. The second-order valence-electron chi connectivity index (χ2n) is 5.56. The van der Waals surface area contributed by atoms with E-state index in [1.165, 1.54) is 17.8 Å². The van der Waals surface area contributed by atoms with Gasteiger partial charge in [0.25, 0.3) is 0 Å². The van der Waals surface area contributed by atoms with Crippen molar-refractivity contribution in [2.75, 3.05) is 25.8 Å². The van der Waals surface area contributed by atoms with Gasteiger partial charge in [0.15, 0.2) is 11.5 Å². The molecule has 3 aromatic rings. The van der Waals surface area contributed by atoms with Crippen LogP contribution in [0, 0.1) is 0 Å². The van der Waals surface area contributed by atoms with Gasteiger partial charge in [-0.25, -0.2) is 0 Å². The number of hydrogen-bond acceptors (Lipinski definition) is 7. The number of carbonyl (C=O) groups excluding carboxylic acids is 1. The Balaban J connectivity index is 1.71. The monoisotopic (exact) mass is 397 g/mol. The molecule has 0 aliphatic heterocycles. The third-order valence-electron chi connectivity index (χ3n) is 3.82. The van der Waals surface area contributed by atoms with Gasteiger partial charge in [-0.05, 0) is 58.7 Å². The van der Waals surface area contributed by atoms with Gasteiger partial charge in [0.1, 0.15) is 0 Å². The minimum atomic E-state index is -0.256. The predicted molar refractivity (Wildman–Crippen MR) is 108 cm³/mol. The molecule has 0 bridgehead atoms. The summed E-state index contributed by atoms with van der Waals surface area (Å²) >= 11 is 1.44. The van der Waals surface area contributed by atoms with Gasteiger partial charge in [-0.3, -0.25) is 4.79 Å². The van der Waals surface area contributed by atoms with Gasteiger partial charge in [0, 0.05) is 11.8 Å². The summed E-state index contributed by atoms with van der Waals surface area (Å²) < 4.78 is 12.1. The van der Waals surface area contributed by atoms with Crippen LogP contribution < -0.4 is 14.8 Å². The van der Waals surface area contributed by atoms with E-state index in [2.05, 4.69) is 20.8 Å². The van der Waals surface area contributed by atoms with Crippen LogP contribution in [0.4, 0.5) is 5.69 Å². The summed E-state index contributed by atoms with van der Waals surface area (Å²) in [6, 6.07) is 12.7. The summed E-state index contributed by atoms with van der Waals surface area (Å²) in [6.07, 6.45) is 5.05. The molecule has 9 heteroatoms. The van der Waals surface area contributed by atoms with Crippen LogP contribution in [0.25, 0.3) is 11.8 Å². The summed E-state index contributed by atoms with van der Waals surface area (Å²) in [5, 5.41) is 15.1. The van der Waals surface area contributed by atoms with Gasteiger partial charge in [-0.15, -0.1) is 5.10 Å². The number of tetrazole rings is 1. The van der Waals surface area contributed by atoms with E-state index in [0.717, 1.165) is 11.3 Å². The van der Waals surface area contributed by atoms with Crippen molar-refractivity contribution in [3.8, 4) is 17.2 Å². The van der Waals surface area contributed by atoms with E-state index in [0.29, 0.717) is 22.3 Å². The van der Waals surface area contributed by atoms with Crippen LogP contribution in [0.3, 0.4) is 0 Å². The molecule has 1 N–H and O–H groups in total. The average molecular weight is 397 g/mol. The van der Waals surface area contributed by atoms with Crippen LogP contribution in [-0.4, -0.2) is 46.6 Å². The standard InChI is InChI=1S/C19H19N5O3S/c1-26-16-9-7-13(11-17(16)27-2)8-10-18(25)20-14-5-4-6-15(12-14)24-19(28-3)21-22-23-24/h4-12H,1-3H3,(H,20,25)/b10-8+. The van der Waals surface area contributed by atoms with E-state index in [1.54, 1.807) is 49.2 Å². The van der Waals surface area contributed by atoms with Crippen molar-refractivity contribution < 1.29 is 14.3 Å². The second kappa shape index (κ2) is 9.05. The second-order valence-corrected chi connectivity index (χ2v) is 6.34. The number of rotatable bonds is 7. The fourth-order valence-electron chi connectivity index (χ4n) is 2.50. The first kappa shape index (κ1) is 19.4. The summed E-state index contributed by atoms with van der Waals surface area (Å²) in [6.45, 7) is 0. The Morgan fingerprint density at radius 1 is 1.14 bits per heavy atom. The molecule has 2 aromatic carbocycles. The number of anilines is 1. The summed E-state index contributed by atoms with van der Waals surface area (Å²) in [4.78, 5) is 12.3. The number of nitrogens with one attached hydrogen (secondary N) is 1. The van der Waals surface area contributed by atoms with Crippen molar-refractivity contribution in [2.24, 2.45) is 0 Å². The highest BCUT2D eigenvalue weighted by molar-refractivity contribution is 7.98. The third kappa shape index (κ3) is 4.49. The Morgan fingerprint density at radius 3 is 2.71 bits per heavy atom. The molecule has 1 aromatic heterocycles. The number of hydrogen-bond donors (Lipinski definition) is 1. The molecule has 0 atom stereocenters. The van der Waals surface area contributed by atoms with Crippen molar-refractivity contribution in [1.82, 2.24) is 20.2 Å². The molecule has 1 heterocycles. The summed E-state index contributed by atoms with van der Waals surface area (Å²) in [5.74, 6) is 0.977. The van der Waals surface area contributed by atoms with Gasteiger partial charge >= 0.3 is 0 Å². The molecule has 8 nitrogen and oxygen atoms in total. The predicted octanol–water partition coefficient (Wildman–Crippen LogP) is 3.05. The highest BCUT2D eigenvalue weighted by atomic mass is 32.2. The Kier molecular flexibility index (Phi) is 6.28. The lowest BCUT2D eigenvalue weighted by molar-refractivity contribution is -0.111. The zero-order chi connectivity index (χ0) is 19.9. The topological polar surface area (TPSA) is 91.2 Å². The molecule has 0 radical (unpaired) electrons. The summed E-state index contributed by atoms with van der Waals surface area (Å²) in [5.41, 5.74) is 2.22. The Labute approximate surface area is 166 Å². The number of methoxy groups -OCH3 is 2. The van der Waals surface area contributed by atoms with E-state index in [-0.39, 0.29) is 5.91 Å². The fraction of sp³-hybridized carbons (Fsp3) is 0.158. The highest BCUT2D eigenvalue weighted by Crippen LogP contribution is 2.28. The fourth-order valence-corrected chi connectivity index (χ4v) is 2.93. The van der Waals surface area contributed by atoms with Crippen LogP contribution in [0.15, 0.2) is 53.7 Å². The molecular formula is C19H19N5O3S. The van der Waals surface area contributed by atoms with Crippen molar-refractivity contribution in [2.45, 2.75) is 5.16 Å². The van der Waals surface area contributed by atoms with Crippen LogP contribution in [-0.2, 0) is 4.79 Å². The van der Waals surface area contributed by atoms with Gasteiger partial charge < -0.3 is 14.8 Å². The van der Waals surface area contributed by atoms with E-state index < -0.39 is 0 Å². The van der Waals surface area contributed by atoms with Gasteiger partial charge in [-0.1, -0.05) is 23.9 Å². The van der Waals surface area contributed by atoms with Crippen molar-refractivity contribution in [1.29, 1.82) is 0 Å². The SMILES string of the molecule is COc1ccc(/C=C/C(=O)Nc2cccc(-n3nnnc3SC)c2)cc1OC. The van der Waals surface area contributed by atoms with Crippen LogP contribution >= 0.6 is 11.8 Å². The molecule has 0 fully saturated rings. The largest absolute Gasteiger partial charge is 0.493 e. The minimum Gasteiger partial charge on any atom is -0.493 e. The van der Waals surface area contributed by atoms with Crippen LogP contribution in [0.2, 0.25) is 0 Å². The first-order chi connectivity index (χ1) is 13.6. The lowest BCUT2D eigenvalue weighted by Gasteiger charge is -2.08. The molecule has 0 saturated carbocycles. The number of carbonyl (C=O) groups is 1. The zero-order valence-corrected chi connectivity index (χ0v) is 16.4. The first-order valence-corrected chi connectivity index (χ1v) is 9.51. The molecule has 144 valence electrons. The normalized spacial score (nSPS) is 10.8. The molecule has 28 heavy (non-hydrogen) atoms. The molecule has 0 spiro atoms. The maximum Gasteiger partial charge on any atom is 0.248 e. The highest BCUT2D eigenvalue weighted by Gasteiger charge is 2.08. The minimum absolute atomic E-state index is 0.256. The van der Waals surface area contributed by atoms with Gasteiger partial charge in [0.2, 0.25) is 11.1 Å². The molecule has 3 rings (SSSR count). The van der Waals surface area contributed by atoms with Crippen molar-refractivity contribution in [3.05, 3.63) is 54.1 Å². The van der Waals surface area contributed by atoms with Crippen LogP contribution in [0.5, 0.6) is 11.5 Å². The van der Waals surface area contributed by atoms with E-state index >= 15 is 0 Å². The van der Waals surface area contributed by atoms with Crippen LogP contribution in [0.1, 0.15) is 5.56 Å². The number of benzene rings is 2. The van der Waals surface area contributed by atoms with Crippen molar-refractivity contribution >= 4 is 29.4 Å². The maximum atomic E-state index is 12.3. The quantitative estimate of drug-likeness (QED) is 0.484. The molecule has 0 unspecified atom stereocenters. The van der Waals surface area contributed by atoms with E-state index in [9.17, 15) is 4.79 Å². The lowest BCUT2D eigenvalue weighted by Crippen LogP contribution is -2.08. The number of nitrogens with zero attached hydrogens (tertiary/aromatic N) is 4. The van der Waals surface area contributed by atoms with Gasteiger partial charge in [0.05, 0.1) is 19.9 Å². The third-order valence-corrected chi connectivity index (χ3v) is 4.44. The molecule has 0 aliphatic rings. The zero-order valence-electron chi connectivity index (χ0n) is 15.6. The Hall–Kier alpha value is -3.33. The number of amides is 1. The van der Waals surface area contributed by atoms with E-state index in [4.69, 9.17) is 9.47 Å². The molecule has 0 aliphatic carbocycles. The molecule has 1 amide bonds. The maximum absolute atomic E-state index is 12.3. The average Bonchev–Trinajstić information content (AvgIpc) is 3.21. The van der Waals surface area contributed by atoms with Crippen molar-refractivity contribution in [3.63, 3.8) is 0 Å². The smallest absolute Gasteiger partial charge is 0.248 e. The Morgan fingerprint density at radius 2 is 1.96 bits per heavy atom. The first-order valence-electron chi connectivity index (χ1n) is 8.28. The lowest BCUT2D eigenvalue weighted by atomic mass is 10.2. The van der Waals surface area contributed by atoms with Gasteiger partial charge in [-0.2, -0.15) is 4.68 Å². The number of ether oxygens (including phenoxy) is 2. The molecular weight excluding hydrogens is 378 g/mol. The Bertz CT molecular complexity index is 1000.